The summed E-state index contributed by atoms with van der Waals surface area (Å²) in [6.07, 6.45) is 9.22. The summed E-state index contributed by atoms with van der Waals surface area (Å²) >= 11 is 0. The van der Waals surface area contributed by atoms with Gasteiger partial charge < -0.3 is 10.3 Å². The third kappa shape index (κ3) is 4.27. The number of fused-ring (bicyclic) bond motifs is 1. The zero-order valence-electron chi connectivity index (χ0n) is 16.2. The maximum atomic E-state index is 6.14. The smallest absolute Gasteiger partial charge is 0.141 e. The largest absolute Gasteiger partial charge is 0.398 e. The summed E-state index contributed by atoms with van der Waals surface area (Å²) in [5.41, 5.74) is 11.5. The Balaban J connectivity index is 1.78. The number of hydrogen-bond acceptors (Lipinski definition) is 2. The van der Waals surface area contributed by atoms with Crippen molar-refractivity contribution in [1.29, 1.82) is 0 Å². The molecule has 138 valence electrons. The Morgan fingerprint density at radius 1 is 0.923 bits per heavy atom. The minimum Gasteiger partial charge on any atom is -0.398 e. The summed E-state index contributed by atoms with van der Waals surface area (Å²) in [6.45, 7) is 5.32. The molecular formula is C23H31N3. The lowest BCUT2D eigenvalue weighted by Crippen LogP contribution is -2.02. The Labute approximate surface area is 157 Å². The van der Waals surface area contributed by atoms with Crippen LogP contribution < -0.4 is 5.73 Å². The number of aryl methyl sites for hydroxylation is 2. The fraction of sp³-hybridized carbons (Fsp3) is 0.435. The van der Waals surface area contributed by atoms with Crippen LogP contribution in [0.2, 0.25) is 0 Å². The molecule has 0 fully saturated rings. The first kappa shape index (κ1) is 18.5. The first-order valence-corrected chi connectivity index (χ1v) is 10.0. The lowest BCUT2D eigenvalue weighted by atomic mass is 10.1. The molecule has 26 heavy (non-hydrogen) atoms. The number of hydrogen-bond donors (Lipinski definition) is 1. The van der Waals surface area contributed by atoms with Crippen LogP contribution in [-0.2, 0) is 6.54 Å². The SMILES string of the molecule is CCCCCCCCCn1c(-c2ccc(C)c(N)c2)nc2ccccc21. The fourth-order valence-corrected chi connectivity index (χ4v) is 3.53. The Hall–Kier alpha value is -2.29. The van der Waals surface area contributed by atoms with Gasteiger partial charge in [0.2, 0.25) is 0 Å². The van der Waals surface area contributed by atoms with Gasteiger partial charge in [0.1, 0.15) is 5.82 Å². The van der Waals surface area contributed by atoms with Gasteiger partial charge in [-0.05, 0) is 37.1 Å². The van der Waals surface area contributed by atoms with Gasteiger partial charge in [-0.2, -0.15) is 0 Å². The van der Waals surface area contributed by atoms with E-state index in [9.17, 15) is 0 Å². The van der Waals surface area contributed by atoms with Crippen LogP contribution in [0.4, 0.5) is 5.69 Å². The summed E-state index contributed by atoms with van der Waals surface area (Å²) in [6, 6.07) is 14.7. The highest BCUT2D eigenvalue weighted by Crippen LogP contribution is 2.28. The van der Waals surface area contributed by atoms with Crippen LogP contribution in [0.5, 0.6) is 0 Å². The molecule has 2 N–H and O–H groups in total. The molecular weight excluding hydrogens is 318 g/mol. The Morgan fingerprint density at radius 2 is 1.65 bits per heavy atom. The summed E-state index contributed by atoms with van der Waals surface area (Å²) < 4.78 is 2.37. The maximum absolute atomic E-state index is 6.14. The van der Waals surface area contributed by atoms with Crippen molar-refractivity contribution < 1.29 is 0 Å². The van der Waals surface area contributed by atoms with Crippen molar-refractivity contribution in [2.75, 3.05) is 5.73 Å². The molecule has 0 amide bonds. The molecule has 3 rings (SSSR count). The molecule has 0 radical (unpaired) electrons. The molecule has 0 bridgehead atoms. The quantitative estimate of drug-likeness (QED) is 0.361. The van der Waals surface area contributed by atoms with E-state index in [1.165, 1.54) is 50.5 Å². The number of imidazole rings is 1. The van der Waals surface area contributed by atoms with E-state index in [0.717, 1.165) is 34.7 Å². The van der Waals surface area contributed by atoms with Crippen molar-refractivity contribution in [3.8, 4) is 11.4 Å². The average molecular weight is 350 g/mol. The topological polar surface area (TPSA) is 43.8 Å². The number of nitrogens with zero attached hydrogens (tertiary/aromatic N) is 2. The van der Waals surface area contributed by atoms with Crippen molar-refractivity contribution in [3.05, 3.63) is 48.0 Å². The van der Waals surface area contributed by atoms with Crippen LogP contribution >= 0.6 is 0 Å². The van der Waals surface area contributed by atoms with Gasteiger partial charge in [-0.15, -0.1) is 0 Å². The number of unbranched alkanes of at least 4 members (excludes halogenated alkanes) is 6. The van der Waals surface area contributed by atoms with E-state index in [0.29, 0.717) is 0 Å². The highest BCUT2D eigenvalue weighted by atomic mass is 15.1. The second-order valence-corrected chi connectivity index (χ2v) is 7.27. The first-order chi connectivity index (χ1) is 12.7. The third-order valence-electron chi connectivity index (χ3n) is 5.18. The number of para-hydroxylation sites is 2. The van der Waals surface area contributed by atoms with E-state index in [1.54, 1.807) is 0 Å². The van der Waals surface area contributed by atoms with Crippen molar-refractivity contribution in [2.45, 2.75) is 65.3 Å². The van der Waals surface area contributed by atoms with Crippen LogP contribution in [0.25, 0.3) is 22.4 Å². The predicted octanol–water partition coefficient (Wildman–Crippen LogP) is 6.34. The molecule has 0 aliphatic heterocycles. The van der Waals surface area contributed by atoms with Crippen LogP contribution in [0.3, 0.4) is 0 Å². The standard InChI is InChI=1S/C23H31N3/c1-3-4-5-6-7-8-11-16-26-22-13-10-9-12-21(22)25-23(26)19-15-14-18(2)20(24)17-19/h9-10,12-15,17H,3-8,11,16,24H2,1-2H3. The van der Waals surface area contributed by atoms with Gasteiger partial charge in [-0.1, -0.05) is 69.7 Å². The van der Waals surface area contributed by atoms with E-state index in [-0.39, 0.29) is 0 Å². The van der Waals surface area contributed by atoms with Gasteiger partial charge in [0, 0.05) is 17.8 Å². The van der Waals surface area contributed by atoms with Crippen LogP contribution in [0.1, 0.15) is 57.4 Å². The van der Waals surface area contributed by atoms with Crippen molar-refractivity contribution in [2.24, 2.45) is 0 Å². The first-order valence-electron chi connectivity index (χ1n) is 10.0. The number of aromatic nitrogens is 2. The predicted molar refractivity (Wildman–Crippen MR) is 112 cm³/mol. The fourth-order valence-electron chi connectivity index (χ4n) is 3.53. The molecule has 0 saturated carbocycles. The van der Waals surface area contributed by atoms with E-state index in [4.69, 9.17) is 10.7 Å². The molecule has 0 saturated heterocycles. The normalized spacial score (nSPS) is 11.3. The monoisotopic (exact) mass is 349 g/mol. The Morgan fingerprint density at radius 3 is 2.42 bits per heavy atom. The highest BCUT2D eigenvalue weighted by Gasteiger charge is 2.12. The van der Waals surface area contributed by atoms with Gasteiger partial charge in [-0.25, -0.2) is 4.98 Å². The number of nitrogen functional groups attached to an aromatic ring is 1. The average Bonchev–Trinajstić information content (AvgIpc) is 3.02. The second kappa shape index (κ2) is 8.88. The Bertz CT molecular complexity index is 848. The summed E-state index contributed by atoms with van der Waals surface area (Å²) in [5, 5.41) is 0. The van der Waals surface area contributed by atoms with E-state index >= 15 is 0 Å². The maximum Gasteiger partial charge on any atom is 0.141 e. The van der Waals surface area contributed by atoms with E-state index < -0.39 is 0 Å². The van der Waals surface area contributed by atoms with Gasteiger partial charge >= 0.3 is 0 Å². The third-order valence-corrected chi connectivity index (χ3v) is 5.18. The van der Waals surface area contributed by atoms with Crippen LogP contribution in [-0.4, -0.2) is 9.55 Å². The van der Waals surface area contributed by atoms with E-state index in [2.05, 4.69) is 54.0 Å². The molecule has 3 aromatic rings. The van der Waals surface area contributed by atoms with Crippen LogP contribution in [0, 0.1) is 6.92 Å². The molecule has 0 aliphatic rings. The van der Waals surface area contributed by atoms with Crippen molar-refractivity contribution in [1.82, 2.24) is 9.55 Å². The van der Waals surface area contributed by atoms with Gasteiger partial charge in [-0.3, -0.25) is 0 Å². The zero-order valence-corrected chi connectivity index (χ0v) is 16.2. The molecule has 1 heterocycles. The molecule has 2 aromatic carbocycles. The van der Waals surface area contributed by atoms with Gasteiger partial charge in [0.25, 0.3) is 0 Å². The van der Waals surface area contributed by atoms with Crippen molar-refractivity contribution in [3.63, 3.8) is 0 Å². The number of benzene rings is 2. The summed E-state index contributed by atoms with van der Waals surface area (Å²) in [4.78, 5) is 4.90. The molecule has 1 aromatic heterocycles. The molecule has 3 nitrogen and oxygen atoms in total. The molecule has 0 atom stereocenters. The lowest BCUT2D eigenvalue weighted by Gasteiger charge is -2.11. The number of rotatable bonds is 9. The molecule has 0 unspecified atom stereocenters. The summed E-state index contributed by atoms with van der Waals surface area (Å²) in [5.74, 6) is 1.03. The van der Waals surface area contributed by atoms with Gasteiger partial charge in [0.15, 0.2) is 0 Å². The minimum absolute atomic E-state index is 0.831. The van der Waals surface area contributed by atoms with Crippen LogP contribution in [0.15, 0.2) is 42.5 Å². The van der Waals surface area contributed by atoms with E-state index in [1.807, 2.05) is 6.92 Å². The highest BCUT2D eigenvalue weighted by molar-refractivity contribution is 5.81. The minimum atomic E-state index is 0.831. The second-order valence-electron chi connectivity index (χ2n) is 7.27. The zero-order chi connectivity index (χ0) is 18.4. The molecule has 3 heteroatoms. The molecule has 0 spiro atoms. The lowest BCUT2D eigenvalue weighted by molar-refractivity contribution is 0.557. The van der Waals surface area contributed by atoms with Gasteiger partial charge in [0.05, 0.1) is 11.0 Å². The van der Waals surface area contributed by atoms with Crippen molar-refractivity contribution >= 4 is 16.7 Å². The summed E-state index contributed by atoms with van der Waals surface area (Å²) in [7, 11) is 0. The molecule has 0 aliphatic carbocycles. The number of nitrogens with two attached hydrogens (primary N) is 1. The Kier molecular flexibility index (Phi) is 6.32. The number of anilines is 1.